The van der Waals surface area contributed by atoms with Gasteiger partial charge in [-0.15, -0.1) is 0 Å². The van der Waals surface area contributed by atoms with Gasteiger partial charge in [-0.05, 0) is 56.3 Å². The number of ether oxygens (including phenoxy) is 2. The molecule has 0 unspecified atom stereocenters. The van der Waals surface area contributed by atoms with Gasteiger partial charge >= 0.3 is 0 Å². The molecule has 0 bridgehead atoms. The smallest absolute Gasteiger partial charge is 0.299 e. The van der Waals surface area contributed by atoms with Crippen LogP contribution in [0.2, 0.25) is 5.02 Å². The highest BCUT2D eigenvalue weighted by molar-refractivity contribution is 6.32. The van der Waals surface area contributed by atoms with Crippen molar-refractivity contribution >= 4 is 28.9 Å². The van der Waals surface area contributed by atoms with Crippen molar-refractivity contribution in [3.8, 4) is 22.9 Å². The second kappa shape index (κ2) is 11.0. The van der Waals surface area contributed by atoms with Crippen LogP contribution >= 0.6 is 11.6 Å². The Morgan fingerprint density at radius 3 is 2.50 bits per heavy atom. The molecule has 0 atom stereocenters. The van der Waals surface area contributed by atoms with E-state index in [-0.39, 0.29) is 23.4 Å². The maximum Gasteiger partial charge on any atom is 0.299 e. The molecule has 3 aromatic carbocycles. The number of methoxy groups -OCH3 is 1. The van der Waals surface area contributed by atoms with Crippen LogP contribution in [0.1, 0.15) is 24.2 Å². The summed E-state index contributed by atoms with van der Waals surface area (Å²) in [5.41, 5.74) is 1.03. The third-order valence-electron chi connectivity index (χ3n) is 5.11. The SMILES string of the molecule is COc1cccc(Oc2cnn(-c3ccccc3Cl)c(=O)c2Nc2cccc(C(=O)NC(C)C)c2)c1. The van der Waals surface area contributed by atoms with Gasteiger partial charge in [0.25, 0.3) is 11.5 Å². The van der Waals surface area contributed by atoms with Crippen molar-refractivity contribution < 1.29 is 14.3 Å². The molecule has 9 heteroatoms. The number of para-hydroxylation sites is 1. The molecule has 0 saturated carbocycles. The van der Waals surface area contributed by atoms with Gasteiger partial charge in [-0.25, -0.2) is 0 Å². The van der Waals surface area contributed by atoms with E-state index in [1.807, 2.05) is 13.8 Å². The molecule has 1 aromatic heterocycles. The predicted octanol–water partition coefficient (Wildman–Crippen LogP) is 5.57. The van der Waals surface area contributed by atoms with Gasteiger partial charge in [0, 0.05) is 23.4 Å². The largest absolute Gasteiger partial charge is 0.497 e. The Morgan fingerprint density at radius 2 is 1.75 bits per heavy atom. The summed E-state index contributed by atoms with van der Waals surface area (Å²) in [5.74, 6) is 1.03. The van der Waals surface area contributed by atoms with Crippen molar-refractivity contribution in [1.82, 2.24) is 15.1 Å². The van der Waals surface area contributed by atoms with Crippen molar-refractivity contribution in [1.29, 1.82) is 0 Å². The number of nitrogens with one attached hydrogen (secondary N) is 2. The first-order chi connectivity index (χ1) is 17.4. The molecule has 0 aliphatic carbocycles. The fraction of sp³-hybridized carbons (Fsp3) is 0.148. The molecule has 36 heavy (non-hydrogen) atoms. The van der Waals surface area contributed by atoms with E-state index < -0.39 is 5.56 Å². The number of amides is 1. The first-order valence-corrected chi connectivity index (χ1v) is 11.6. The van der Waals surface area contributed by atoms with E-state index in [4.69, 9.17) is 21.1 Å². The second-order valence-corrected chi connectivity index (χ2v) is 8.57. The number of anilines is 2. The third kappa shape index (κ3) is 5.67. The minimum absolute atomic E-state index is 0.0139. The van der Waals surface area contributed by atoms with Gasteiger partial charge in [-0.2, -0.15) is 9.78 Å². The summed E-state index contributed by atoms with van der Waals surface area (Å²) in [4.78, 5) is 26.1. The summed E-state index contributed by atoms with van der Waals surface area (Å²) < 4.78 is 12.5. The number of halogens is 1. The van der Waals surface area contributed by atoms with Crippen molar-refractivity contribution in [2.24, 2.45) is 0 Å². The Morgan fingerprint density at radius 1 is 1.00 bits per heavy atom. The van der Waals surface area contributed by atoms with Gasteiger partial charge in [0.15, 0.2) is 11.4 Å². The van der Waals surface area contributed by atoms with E-state index in [0.29, 0.717) is 33.5 Å². The lowest BCUT2D eigenvalue weighted by atomic mass is 10.1. The number of carbonyl (C=O) groups is 1. The van der Waals surface area contributed by atoms with Crippen molar-refractivity contribution in [2.45, 2.75) is 19.9 Å². The fourth-order valence-corrected chi connectivity index (χ4v) is 3.66. The summed E-state index contributed by atoms with van der Waals surface area (Å²) in [7, 11) is 1.56. The summed E-state index contributed by atoms with van der Waals surface area (Å²) in [6.07, 6.45) is 1.43. The van der Waals surface area contributed by atoms with E-state index in [1.54, 1.807) is 79.9 Å². The van der Waals surface area contributed by atoms with Crippen molar-refractivity contribution in [3.63, 3.8) is 0 Å². The lowest BCUT2D eigenvalue weighted by Crippen LogP contribution is -2.30. The van der Waals surface area contributed by atoms with Gasteiger partial charge in [0.1, 0.15) is 11.5 Å². The number of carbonyl (C=O) groups excluding carboxylic acids is 1. The first kappa shape index (κ1) is 24.8. The quantitative estimate of drug-likeness (QED) is 0.326. The summed E-state index contributed by atoms with van der Waals surface area (Å²) in [5, 5.41) is 10.6. The maximum atomic E-state index is 13.6. The molecule has 4 rings (SSSR count). The summed E-state index contributed by atoms with van der Waals surface area (Å²) in [6.45, 7) is 3.77. The summed E-state index contributed by atoms with van der Waals surface area (Å²) in [6, 6.07) is 20.7. The highest BCUT2D eigenvalue weighted by Gasteiger charge is 2.17. The van der Waals surface area contributed by atoms with Crippen LogP contribution in [0.25, 0.3) is 5.69 Å². The zero-order valence-corrected chi connectivity index (χ0v) is 20.7. The van der Waals surface area contributed by atoms with E-state index in [1.165, 1.54) is 10.9 Å². The molecular formula is C27H25ClN4O4. The predicted molar refractivity (Wildman–Crippen MR) is 140 cm³/mol. The van der Waals surface area contributed by atoms with Crippen LogP contribution < -0.4 is 25.7 Å². The van der Waals surface area contributed by atoms with E-state index >= 15 is 0 Å². The maximum absolute atomic E-state index is 13.6. The zero-order chi connectivity index (χ0) is 25.7. The minimum atomic E-state index is -0.486. The standard InChI is InChI=1S/C27H25ClN4O4/c1-17(2)30-26(33)18-8-6-9-19(14-18)31-25-24(36-21-11-7-10-20(15-21)35-3)16-29-32(27(25)34)23-13-5-4-12-22(23)28/h4-17,31H,1-3H3,(H,30,33). The highest BCUT2D eigenvalue weighted by atomic mass is 35.5. The molecule has 0 radical (unpaired) electrons. The average molecular weight is 505 g/mol. The molecule has 0 spiro atoms. The van der Waals surface area contributed by atoms with Gasteiger partial charge < -0.3 is 20.1 Å². The topological polar surface area (TPSA) is 94.5 Å². The minimum Gasteiger partial charge on any atom is -0.497 e. The second-order valence-electron chi connectivity index (χ2n) is 8.17. The highest BCUT2D eigenvalue weighted by Crippen LogP contribution is 2.31. The third-order valence-corrected chi connectivity index (χ3v) is 5.43. The van der Waals surface area contributed by atoms with Crippen LogP contribution in [-0.4, -0.2) is 28.8 Å². The molecule has 0 saturated heterocycles. The molecule has 2 N–H and O–H groups in total. The molecule has 0 aliphatic heterocycles. The van der Waals surface area contributed by atoms with Crippen LogP contribution in [0.4, 0.5) is 11.4 Å². The van der Waals surface area contributed by atoms with E-state index in [0.717, 1.165) is 0 Å². The van der Waals surface area contributed by atoms with Crippen LogP contribution in [0.5, 0.6) is 17.2 Å². The molecule has 8 nitrogen and oxygen atoms in total. The number of hydrogen-bond donors (Lipinski definition) is 2. The molecule has 0 fully saturated rings. The van der Waals surface area contributed by atoms with Crippen LogP contribution in [-0.2, 0) is 0 Å². The Labute approximate surface area is 213 Å². The summed E-state index contributed by atoms with van der Waals surface area (Å²) >= 11 is 6.33. The Bertz CT molecular complexity index is 1450. The number of nitrogens with zero attached hydrogens (tertiary/aromatic N) is 2. The molecule has 4 aromatic rings. The van der Waals surface area contributed by atoms with E-state index in [2.05, 4.69) is 15.7 Å². The molecule has 0 aliphatic rings. The fourth-order valence-electron chi connectivity index (χ4n) is 3.45. The molecule has 1 heterocycles. The first-order valence-electron chi connectivity index (χ1n) is 11.2. The van der Waals surface area contributed by atoms with Crippen molar-refractivity contribution in [2.75, 3.05) is 12.4 Å². The number of benzene rings is 3. The molecular weight excluding hydrogens is 480 g/mol. The Balaban J connectivity index is 1.78. The number of aromatic nitrogens is 2. The van der Waals surface area contributed by atoms with Gasteiger partial charge in [-0.3, -0.25) is 9.59 Å². The number of rotatable bonds is 8. The Hall–Kier alpha value is -4.30. The van der Waals surface area contributed by atoms with E-state index in [9.17, 15) is 9.59 Å². The average Bonchev–Trinajstić information content (AvgIpc) is 2.87. The lowest BCUT2D eigenvalue weighted by molar-refractivity contribution is 0.0943. The van der Waals surface area contributed by atoms with Gasteiger partial charge in [-0.1, -0.05) is 35.9 Å². The molecule has 184 valence electrons. The van der Waals surface area contributed by atoms with Crippen LogP contribution in [0.15, 0.2) is 83.8 Å². The normalized spacial score (nSPS) is 10.7. The zero-order valence-electron chi connectivity index (χ0n) is 20.0. The monoisotopic (exact) mass is 504 g/mol. The van der Waals surface area contributed by atoms with Gasteiger partial charge in [0.2, 0.25) is 0 Å². The van der Waals surface area contributed by atoms with Crippen molar-refractivity contribution in [3.05, 3.63) is 99.9 Å². The van der Waals surface area contributed by atoms with Crippen LogP contribution in [0.3, 0.4) is 0 Å². The number of hydrogen-bond acceptors (Lipinski definition) is 6. The molecule has 1 amide bonds. The van der Waals surface area contributed by atoms with Gasteiger partial charge in [0.05, 0.1) is 24.0 Å². The van der Waals surface area contributed by atoms with Crippen LogP contribution in [0, 0.1) is 0 Å². The Kier molecular flexibility index (Phi) is 7.56. The lowest BCUT2D eigenvalue weighted by Gasteiger charge is -2.16.